The molecule has 0 saturated carbocycles. The van der Waals surface area contributed by atoms with Crippen LogP contribution in [-0.2, 0) is 6.54 Å². The van der Waals surface area contributed by atoms with Crippen molar-refractivity contribution in [1.82, 2.24) is 0 Å². The molecule has 0 spiro atoms. The third-order valence-electron chi connectivity index (χ3n) is 2.80. The van der Waals surface area contributed by atoms with Gasteiger partial charge < -0.3 is 19.9 Å². The van der Waals surface area contributed by atoms with Gasteiger partial charge in [-0.3, -0.25) is 0 Å². The van der Waals surface area contributed by atoms with Crippen LogP contribution < -0.4 is 14.8 Å². The highest BCUT2D eigenvalue weighted by molar-refractivity contribution is 5.49. The summed E-state index contributed by atoms with van der Waals surface area (Å²) in [5, 5.41) is 12.6. The highest BCUT2D eigenvalue weighted by Gasteiger charge is 2.05. The molecule has 0 amide bonds. The minimum absolute atomic E-state index is 0.0635. The summed E-state index contributed by atoms with van der Waals surface area (Å²) in [6.45, 7) is -2.39. The number of alkyl halides is 2. The van der Waals surface area contributed by atoms with Crippen LogP contribution in [0, 0.1) is 0 Å². The molecule has 112 valence electrons. The second-order valence-corrected chi connectivity index (χ2v) is 4.27. The van der Waals surface area contributed by atoms with Gasteiger partial charge in [0.2, 0.25) is 0 Å². The zero-order chi connectivity index (χ0) is 15.2. The Bertz CT molecular complexity index is 605. The van der Waals surface area contributed by atoms with Gasteiger partial charge in [0, 0.05) is 18.3 Å². The summed E-state index contributed by atoms with van der Waals surface area (Å²) in [6, 6.07) is 11.3. The van der Waals surface area contributed by atoms with Crippen molar-refractivity contribution in [3.8, 4) is 17.2 Å². The maximum Gasteiger partial charge on any atom is 0.387 e. The molecule has 2 aromatic rings. The van der Waals surface area contributed by atoms with Crippen molar-refractivity contribution in [2.45, 2.75) is 13.2 Å². The zero-order valence-electron chi connectivity index (χ0n) is 11.3. The van der Waals surface area contributed by atoms with E-state index in [1.165, 1.54) is 25.3 Å². The van der Waals surface area contributed by atoms with E-state index in [1.54, 1.807) is 24.3 Å². The Labute approximate surface area is 120 Å². The van der Waals surface area contributed by atoms with Gasteiger partial charge in [-0.25, -0.2) is 0 Å². The second kappa shape index (κ2) is 6.78. The summed E-state index contributed by atoms with van der Waals surface area (Å²) in [4.78, 5) is 0. The number of anilines is 1. The van der Waals surface area contributed by atoms with E-state index in [0.717, 1.165) is 5.56 Å². The number of hydrogen-bond acceptors (Lipinski definition) is 4. The molecule has 0 saturated heterocycles. The Morgan fingerprint density at radius 3 is 2.71 bits per heavy atom. The Morgan fingerprint density at radius 1 is 1.19 bits per heavy atom. The van der Waals surface area contributed by atoms with E-state index in [9.17, 15) is 13.9 Å². The molecule has 4 nitrogen and oxygen atoms in total. The maximum absolute atomic E-state index is 12.1. The number of benzene rings is 2. The zero-order valence-corrected chi connectivity index (χ0v) is 11.3. The number of aromatic hydroxyl groups is 1. The van der Waals surface area contributed by atoms with E-state index in [-0.39, 0.29) is 11.5 Å². The number of phenols is 1. The van der Waals surface area contributed by atoms with Crippen LogP contribution >= 0.6 is 0 Å². The number of phenolic OH excluding ortho intramolecular Hbond substituents is 1. The average molecular weight is 295 g/mol. The summed E-state index contributed by atoms with van der Waals surface area (Å²) < 4.78 is 33.6. The third-order valence-corrected chi connectivity index (χ3v) is 2.80. The molecule has 2 aromatic carbocycles. The van der Waals surface area contributed by atoms with Crippen LogP contribution in [0.2, 0.25) is 0 Å². The number of ether oxygens (including phenoxy) is 2. The maximum atomic E-state index is 12.1. The Kier molecular flexibility index (Phi) is 4.81. The molecular weight excluding hydrogens is 280 g/mol. The molecule has 0 atom stereocenters. The summed E-state index contributed by atoms with van der Waals surface area (Å²) in [5.74, 6) is 0.538. The Balaban J connectivity index is 2.02. The first-order chi connectivity index (χ1) is 10.1. The van der Waals surface area contributed by atoms with E-state index < -0.39 is 6.61 Å². The van der Waals surface area contributed by atoms with Gasteiger partial charge in [0.05, 0.1) is 7.11 Å². The molecule has 0 heterocycles. The van der Waals surface area contributed by atoms with Crippen LogP contribution in [0.4, 0.5) is 14.5 Å². The van der Waals surface area contributed by atoms with Gasteiger partial charge in [0.1, 0.15) is 5.75 Å². The lowest BCUT2D eigenvalue weighted by atomic mass is 10.2. The first-order valence-electron chi connectivity index (χ1n) is 6.23. The van der Waals surface area contributed by atoms with Crippen LogP contribution in [0.25, 0.3) is 0 Å². The van der Waals surface area contributed by atoms with Gasteiger partial charge in [-0.05, 0) is 29.8 Å². The van der Waals surface area contributed by atoms with E-state index in [4.69, 9.17) is 4.74 Å². The van der Waals surface area contributed by atoms with Crippen molar-refractivity contribution < 1.29 is 23.4 Å². The number of nitrogens with one attached hydrogen (secondary N) is 1. The summed E-state index contributed by atoms with van der Waals surface area (Å²) >= 11 is 0. The molecule has 21 heavy (non-hydrogen) atoms. The second-order valence-electron chi connectivity index (χ2n) is 4.27. The van der Waals surface area contributed by atoms with Gasteiger partial charge in [0.25, 0.3) is 0 Å². The molecule has 2 rings (SSSR count). The minimum Gasteiger partial charge on any atom is -0.504 e. The molecule has 0 aliphatic heterocycles. The Hall–Kier alpha value is -2.50. The van der Waals surface area contributed by atoms with Crippen molar-refractivity contribution in [1.29, 1.82) is 0 Å². The molecule has 0 fully saturated rings. The van der Waals surface area contributed by atoms with E-state index in [2.05, 4.69) is 10.1 Å². The van der Waals surface area contributed by atoms with Crippen molar-refractivity contribution in [3.05, 3.63) is 48.0 Å². The first kappa shape index (κ1) is 14.9. The van der Waals surface area contributed by atoms with Gasteiger partial charge in [0.15, 0.2) is 11.5 Å². The molecule has 6 heteroatoms. The molecule has 0 bridgehead atoms. The van der Waals surface area contributed by atoms with E-state index in [1.807, 2.05) is 0 Å². The molecule has 0 aromatic heterocycles. The Morgan fingerprint density at radius 2 is 2.00 bits per heavy atom. The molecular formula is C15H15F2NO3. The molecule has 0 aliphatic rings. The van der Waals surface area contributed by atoms with Crippen LogP contribution in [0.1, 0.15) is 5.56 Å². The van der Waals surface area contributed by atoms with Crippen molar-refractivity contribution in [2.24, 2.45) is 0 Å². The van der Waals surface area contributed by atoms with Crippen LogP contribution in [0.3, 0.4) is 0 Å². The van der Waals surface area contributed by atoms with E-state index >= 15 is 0 Å². The fourth-order valence-corrected chi connectivity index (χ4v) is 1.82. The summed E-state index contributed by atoms with van der Waals surface area (Å²) in [5.41, 5.74) is 1.53. The van der Waals surface area contributed by atoms with Gasteiger partial charge in [-0.15, -0.1) is 0 Å². The lowest BCUT2D eigenvalue weighted by Crippen LogP contribution is -2.03. The predicted molar refractivity (Wildman–Crippen MR) is 75.1 cm³/mol. The lowest BCUT2D eigenvalue weighted by molar-refractivity contribution is -0.0498. The van der Waals surface area contributed by atoms with Crippen molar-refractivity contribution in [3.63, 3.8) is 0 Å². The summed E-state index contributed by atoms with van der Waals surface area (Å²) in [6.07, 6.45) is 0. The van der Waals surface area contributed by atoms with Crippen molar-refractivity contribution >= 4 is 5.69 Å². The molecule has 0 aliphatic carbocycles. The topological polar surface area (TPSA) is 50.7 Å². The van der Waals surface area contributed by atoms with Crippen molar-refractivity contribution in [2.75, 3.05) is 12.4 Å². The fourth-order valence-electron chi connectivity index (χ4n) is 1.82. The SMILES string of the molecule is COc1cc(CNc2cccc(OC(F)F)c2)ccc1O. The third kappa shape index (κ3) is 4.24. The largest absolute Gasteiger partial charge is 0.504 e. The monoisotopic (exact) mass is 295 g/mol. The lowest BCUT2D eigenvalue weighted by Gasteiger charge is -2.10. The smallest absolute Gasteiger partial charge is 0.387 e. The van der Waals surface area contributed by atoms with Crippen LogP contribution in [0.5, 0.6) is 17.2 Å². The molecule has 0 radical (unpaired) electrons. The summed E-state index contributed by atoms with van der Waals surface area (Å²) in [7, 11) is 1.47. The predicted octanol–water partition coefficient (Wildman–Crippen LogP) is 3.61. The van der Waals surface area contributed by atoms with Crippen LogP contribution in [0.15, 0.2) is 42.5 Å². The number of halogens is 2. The molecule has 2 N–H and O–H groups in total. The fraction of sp³-hybridized carbons (Fsp3) is 0.200. The first-order valence-corrected chi connectivity index (χ1v) is 6.23. The quantitative estimate of drug-likeness (QED) is 0.854. The van der Waals surface area contributed by atoms with Gasteiger partial charge in [-0.1, -0.05) is 12.1 Å². The normalized spacial score (nSPS) is 10.5. The number of methoxy groups -OCH3 is 1. The van der Waals surface area contributed by atoms with E-state index in [0.29, 0.717) is 18.0 Å². The highest BCUT2D eigenvalue weighted by atomic mass is 19.3. The number of hydrogen-bond donors (Lipinski definition) is 2. The van der Waals surface area contributed by atoms with Crippen LogP contribution in [-0.4, -0.2) is 18.8 Å². The number of rotatable bonds is 6. The van der Waals surface area contributed by atoms with Gasteiger partial charge in [-0.2, -0.15) is 8.78 Å². The molecule has 0 unspecified atom stereocenters. The minimum atomic E-state index is -2.85. The van der Waals surface area contributed by atoms with Gasteiger partial charge >= 0.3 is 6.61 Å². The highest BCUT2D eigenvalue weighted by Crippen LogP contribution is 2.27. The standard InChI is InChI=1S/C15H15F2NO3/c1-20-14-7-10(5-6-13(14)19)9-18-11-3-2-4-12(8-11)21-15(16)17/h2-8,15,18-19H,9H2,1H3. The average Bonchev–Trinajstić information content (AvgIpc) is 2.46.